The molecular weight excluding hydrogens is 574 g/mol. The van der Waals surface area contributed by atoms with Crippen molar-refractivity contribution in [2.24, 2.45) is 0 Å². The van der Waals surface area contributed by atoms with Gasteiger partial charge in [-0.05, 0) is 73.4 Å². The maximum absolute atomic E-state index is 14.2. The average molecular weight is 612 g/mol. The summed E-state index contributed by atoms with van der Waals surface area (Å²) in [7, 11) is -2.57. The number of carbonyl (C=O) groups is 2. The number of amides is 2. The molecule has 0 heterocycles. The molecule has 0 unspecified atom stereocenters. The fourth-order valence-electron chi connectivity index (χ4n) is 5.29. The van der Waals surface area contributed by atoms with E-state index < -0.39 is 28.5 Å². The smallest absolute Gasteiger partial charge is 0.264 e. The highest BCUT2D eigenvalue weighted by Crippen LogP contribution is 2.27. The molecule has 1 aliphatic carbocycles. The largest absolute Gasteiger partial charge is 0.497 e. The molecule has 3 aromatic carbocycles. The minimum absolute atomic E-state index is 0.0502. The molecule has 1 N–H and O–H groups in total. The molecule has 224 valence electrons. The molecule has 10 heteroatoms. The summed E-state index contributed by atoms with van der Waals surface area (Å²) in [6.45, 7) is 1.46. The Morgan fingerprint density at radius 1 is 0.976 bits per heavy atom. The SMILES string of the molecule is CC[C@@H](C(=O)NC1CCCCC1)N(Cc1cccc(OC)c1)C(=O)CN(c1ccc(Cl)cc1)S(=O)(=O)c1ccccc1. The zero-order valence-corrected chi connectivity index (χ0v) is 25.6. The zero-order valence-electron chi connectivity index (χ0n) is 24.0. The van der Waals surface area contributed by atoms with Crippen LogP contribution in [0.4, 0.5) is 5.69 Å². The number of methoxy groups -OCH3 is 1. The van der Waals surface area contributed by atoms with Crippen LogP contribution in [0.15, 0.2) is 83.8 Å². The molecule has 1 atom stereocenters. The second kappa shape index (κ2) is 14.6. The van der Waals surface area contributed by atoms with E-state index in [1.165, 1.54) is 17.0 Å². The molecule has 42 heavy (non-hydrogen) atoms. The van der Waals surface area contributed by atoms with E-state index in [9.17, 15) is 18.0 Å². The third-order valence-electron chi connectivity index (χ3n) is 7.55. The molecule has 1 aliphatic rings. The molecule has 0 bridgehead atoms. The number of rotatable bonds is 12. The summed E-state index contributed by atoms with van der Waals surface area (Å²) < 4.78 is 34.2. The van der Waals surface area contributed by atoms with Crippen LogP contribution in [0.1, 0.15) is 51.0 Å². The van der Waals surface area contributed by atoms with Gasteiger partial charge in [-0.2, -0.15) is 0 Å². The minimum atomic E-state index is -4.13. The number of halogens is 1. The van der Waals surface area contributed by atoms with Crippen molar-refractivity contribution in [1.29, 1.82) is 0 Å². The first kappa shape index (κ1) is 31.4. The molecule has 4 rings (SSSR count). The maximum Gasteiger partial charge on any atom is 0.264 e. The Hall–Kier alpha value is -3.56. The van der Waals surface area contributed by atoms with Crippen LogP contribution >= 0.6 is 11.6 Å². The predicted molar refractivity (Wildman–Crippen MR) is 165 cm³/mol. The van der Waals surface area contributed by atoms with Crippen LogP contribution in [-0.4, -0.2) is 50.9 Å². The number of sulfonamides is 1. The van der Waals surface area contributed by atoms with Gasteiger partial charge in [0.15, 0.2) is 0 Å². The lowest BCUT2D eigenvalue weighted by molar-refractivity contribution is -0.140. The lowest BCUT2D eigenvalue weighted by Crippen LogP contribution is -2.54. The molecule has 0 aromatic heterocycles. The molecule has 1 saturated carbocycles. The standard InChI is InChI=1S/C32H38ClN3O5S/c1-3-30(32(38)34-26-12-6-4-7-13-26)35(22-24-11-10-14-28(21-24)41-2)31(37)23-36(27-19-17-25(33)18-20-27)42(39,40)29-15-8-5-9-16-29/h5,8-11,14-21,26,30H,3-4,6-7,12-13,22-23H2,1-2H3,(H,34,38)/t30-/m0/s1. The van der Waals surface area contributed by atoms with E-state index in [4.69, 9.17) is 16.3 Å². The van der Waals surface area contributed by atoms with Crippen LogP contribution in [-0.2, 0) is 26.2 Å². The lowest BCUT2D eigenvalue weighted by atomic mass is 9.95. The predicted octanol–water partition coefficient (Wildman–Crippen LogP) is 5.80. The fourth-order valence-corrected chi connectivity index (χ4v) is 6.85. The van der Waals surface area contributed by atoms with Gasteiger partial charge in [0.2, 0.25) is 11.8 Å². The normalized spacial score (nSPS) is 14.5. The first-order valence-electron chi connectivity index (χ1n) is 14.3. The van der Waals surface area contributed by atoms with Crippen molar-refractivity contribution >= 4 is 39.1 Å². The van der Waals surface area contributed by atoms with Gasteiger partial charge in [-0.3, -0.25) is 13.9 Å². The second-order valence-corrected chi connectivity index (χ2v) is 12.7. The van der Waals surface area contributed by atoms with Gasteiger partial charge in [0.25, 0.3) is 10.0 Å². The molecule has 2 amide bonds. The van der Waals surface area contributed by atoms with Crippen LogP contribution in [0.25, 0.3) is 0 Å². The maximum atomic E-state index is 14.2. The van der Waals surface area contributed by atoms with Crippen molar-refractivity contribution in [2.45, 2.75) is 69.0 Å². The monoisotopic (exact) mass is 611 g/mol. The van der Waals surface area contributed by atoms with Gasteiger partial charge in [-0.1, -0.05) is 68.1 Å². The summed E-state index contributed by atoms with van der Waals surface area (Å²) in [5, 5.41) is 3.59. The quantitative estimate of drug-likeness (QED) is 0.279. The second-order valence-electron chi connectivity index (χ2n) is 10.4. The molecule has 0 spiro atoms. The number of nitrogens with zero attached hydrogens (tertiary/aromatic N) is 2. The van der Waals surface area contributed by atoms with Crippen molar-refractivity contribution in [3.63, 3.8) is 0 Å². The van der Waals surface area contributed by atoms with Crippen molar-refractivity contribution in [2.75, 3.05) is 18.0 Å². The van der Waals surface area contributed by atoms with Gasteiger partial charge in [0.1, 0.15) is 18.3 Å². The summed E-state index contributed by atoms with van der Waals surface area (Å²) in [6.07, 6.45) is 5.45. The van der Waals surface area contributed by atoms with E-state index in [0.29, 0.717) is 17.2 Å². The lowest BCUT2D eigenvalue weighted by Gasteiger charge is -2.34. The highest BCUT2D eigenvalue weighted by atomic mass is 35.5. The van der Waals surface area contributed by atoms with Crippen molar-refractivity contribution < 1.29 is 22.7 Å². The first-order valence-corrected chi connectivity index (χ1v) is 16.1. The Morgan fingerprint density at radius 3 is 2.31 bits per heavy atom. The molecule has 3 aromatic rings. The number of benzene rings is 3. The third kappa shape index (κ3) is 7.83. The number of hydrogen-bond donors (Lipinski definition) is 1. The van der Waals surface area contributed by atoms with E-state index in [1.807, 2.05) is 25.1 Å². The van der Waals surface area contributed by atoms with E-state index in [1.54, 1.807) is 55.6 Å². The summed E-state index contributed by atoms with van der Waals surface area (Å²) in [4.78, 5) is 29.4. The molecule has 0 radical (unpaired) electrons. The van der Waals surface area contributed by atoms with Crippen LogP contribution in [0.3, 0.4) is 0 Å². The topological polar surface area (TPSA) is 96.0 Å². The number of anilines is 1. The number of nitrogens with one attached hydrogen (secondary N) is 1. The molecule has 0 aliphatic heterocycles. The van der Waals surface area contributed by atoms with Crippen molar-refractivity contribution in [1.82, 2.24) is 10.2 Å². The van der Waals surface area contributed by atoms with Gasteiger partial charge < -0.3 is 15.0 Å². The van der Waals surface area contributed by atoms with Gasteiger partial charge in [0.05, 0.1) is 17.7 Å². The van der Waals surface area contributed by atoms with E-state index in [2.05, 4.69) is 5.32 Å². The minimum Gasteiger partial charge on any atom is -0.497 e. The summed E-state index contributed by atoms with van der Waals surface area (Å²) >= 11 is 6.10. The highest BCUT2D eigenvalue weighted by molar-refractivity contribution is 7.92. The third-order valence-corrected chi connectivity index (χ3v) is 9.59. The van der Waals surface area contributed by atoms with Crippen LogP contribution in [0, 0.1) is 0 Å². The van der Waals surface area contributed by atoms with Gasteiger partial charge in [-0.15, -0.1) is 0 Å². The molecular formula is C32H38ClN3O5S. The molecule has 1 fully saturated rings. The Bertz CT molecular complexity index is 1440. The van der Waals surface area contributed by atoms with Gasteiger partial charge in [0, 0.05) is 17.6 Å². The Kier molecular flexibility index (Phi) is 10.9. The van der Waals surface area contributed by atoms with Crippen LogP contribution < -0.4 is 14.4 Å². The fraction of sp³-hybridized carbons (Fsp3) is 0.375. The Morgan fingerprint density at radius 2 is 1.67 bits per heavy atom. The van der Waals surface area contributed by atoms with E-state index in [-0.39, 0.29) is 29.1 Å². The average Bonchev–Trinajstić information content (AvgIpc) is 3.01. The van der Waals surface area contributed by atoms with E-state index in [0.717, 1.165) is 42.0 Å². The molecule has 0 saturated heterocycles. The first-order chi connectivity index (χ1) is 20.2. The van der Waals surface area contributed by atoms with Crippen LogP contribution in [0.5, 0.6) is 5.75 Å². The Labute approximate surface area is 253 Å². The van der Waals surface area contributed by atoms with Crippen molar-refractivity contribution in [3.05, 3.63) is 89.4 Å². The summed E-state index contributed by atoms with van der Waals surface area (Å²) in [5.74, 6) is -0.114. The van der Waals surface area contributed by atoms with Crippen LogP contribution in [0.2, 0.25) is 5.02 Å². The van der Waals surface area contributed by atoms with Crippen molar-refractivity contribution in [3.8, 4) is 5.75 Å². The Balaban J connectivity index is 1.70. The number of carbonyl (C=O) groups excluding carboxylic acids is 2. The summed E-state index contributed by atoms with van der Waals surface area (Å²) in [6, 6.07) is 20.8. The number of hydrogen-bond acceptors (Lipinski definition) is 5. The molecule has 8 nitrogen and oxygen atoms in total. The van der Waals surface area contributed by atoms with Gasteiger partial charge in [-0.25, -0.2) is 8.42 Å². The highest BCUT2D eigenvalue weighted by Gasteiger charge is 2.34. The summed E-state index contributed by atoms with van der Waals surface area (Å²) in [5.41, 5.74) is 1.05. The van der Waals surface area contributed by atoms with E-state index >= 15 is 0 Å². The van der Waals surface area contributed by atoms with Gasteiger partial charge >= 0.3 is 0 Å². The zero-order chi connectivity index (χ0) is 30.1. The number of ether oxygens (including phenoxy) is 1.